The number of rotatable bonds is 10. The lowest BCUT2D eigenvalue weighted by atomic mass is 9.76. The molecule has 23 heavy (non-hydrogen) atoms. The topological polar surface area (TPSA) is 79.6 Å². The fourth-order valence-corrected chi connectivity index (χ4v) is 2.35. The van der Waals surface area contributed by atoms with Gasteiger partial charge < -0.3 is 14.4 Å². The van der Waals surface area contributed by atoms with E-state index < -0.39 is 11.3 Å². The van der Waals surface area contributed by atoms with Gasteiger partial charge >= 0.3 is 11.9 Å². The van der Waals surface area contributed by atoms with Crippen molar-refractivity contribution in [2.24, 2.45) is 17.3 Å². The molecule has 0 aliphatic rings. The van der Waals surface area contributed by atoms with Gasteiger partial charge in [0.15, 0.2) is 0 Å². The van der Waals surface area contributed by atoms with Gasteiger partial charge in [0, 0.05) is 12.5 Å². The summed E-state index contributed by atoms with van der Waals surface area (Å²) in [5, 5.41) is 9.02. The summed E-state index contributed by atoms with van der Waals surface area (Å²) in [6, 6.07) is 2.14. The van der Waals surface area contributed by atoms with Crippen LogP contribution in [-0.4, -0.2) is 51.2 Å². The number of methoxy groups -OCH3 is 1. The van der Waals surface area contributed by atoms with Crippen molar-refractivity contribution in [1.82, 2.24) is 4.90 Å². The van der Waals surface area contributed by atoms with Crippen LogP contribution in [0.3, 0.4) is 0 Å². The van der Waals surface area contributed by atoms with Crippen molar-refractivity contribution in [3.05, 3.63) is 0 Å². The third kappa shape index (κ3) is 7.47. The molecular formula is C17H30N2O4. The van der Waals surface area contributed by atoms with Gasteiger partial charge in [-0.3, -0.25) is 9.59 Å². The normalized spacial score (nSPS) is 16.1. The minimum atomic E-state index is -0.755. The molecule has 3 atom stereocenters. The quantitative estimate of drug-likeness (QED) is 0.573. The van der Waals surface area contributed by atoms with E-state index in [1.54, 1.807) is 13.8 Å². The zero-order valence-corrected chi connectivity index (χ0v) is 15.2. The zero-order chi connectivity index (χ0) is 18.0. The minimum absolute atomic E-state index is 0.278. The lowest BCUT2D eigenvalue weighted by molar-refractivity contribution is -0.157. The summed E-state index contributed by atoms with van der Waals surface area (Å²) in [6.07, 6.45) is 1.26. The van der Waals surface area contributed by atoms with Crippen LogP contribution >= 0.6 is 0 Å². The van der Waals surface area contributed by atoms with E-state index in [0.29, 0.717) is 32.4 Å². The van der Waals surface area contributed by atoms with E-state index in [1.165, 1.54) is 7.11 Å². The average Bonchev–Trinajstić information content (AvgIpc) is 2.52. The third-order valence-corrected chi connectivity index (χ3v) is 4.13. The Bertz CT molecular complexity index is 431. The SMILES string of the molecule is CCC(C)(CC(CC(C)C#N)C(=O)OCCN(C)C)C(=O)OC. The molecule has 0 radical (unpaired) electrons. The number of likely N-dealkylation sites (N-methyl/N-ethyl adjacent to an activating group) is 1. The molecule has 0 amide bonds. The van der Waals surface area contributed by atoms with Gasteiger partial charge in [-0.05, 0) is 47.2 Å². The smallest absolute Gasteiger partial charge is 0.311 e. The second kappa shape index (κ2) is 10.2. The Labute approximate surface area is 139 Å². The van der Waals surface area contributed by atoms with Crippen LogP contribution in [0.5, 0.6) is 0 Å². The second-order valence-electron chi connectivity index (χ2n) is 6.54. The molecule has 0 spiro atoms. The summed E-state index contributed by atoms with van der Waals surface area (Å²) in [6.45, 7) is 6.37. The first-order valence-corrected chi connectivity index (χ1v) is 7.99. The number of carbonyl (C=O) groups is 2. The predicted octanol–water partition coefficient (Wildman–Crippen LogP) is 2.24. The van der Waals surface area contributed by atoms with Crippen molar-refractivity contribution in [3.8, 4) is 6.07 Å². The van der Waals surface area contributed by atoms with Crippen LogP contribution in [0, 0.1) is 28.6 Å². The first kappa shape index (κ1) is 21.4. The Balaban J connectivity index is 5.02. The summed E-state index contributed by atoms with van der Waals surface area (Å²) in [5.41, 5.74) is -0.755. The molecular weight excluding hydrogens is 296 g/mol. The average molecular weight is 326 g/mol. The highest BCUT2D eigenvalue weighted by molar-refractivity contribution is 5.78. The van der Waals surface area contributed by atoms with Gasteiger partial charge in [-0.2, -0.15) is 5.26 Å². The number of esters is 2. The number of hydrogen-bond donors (Lipinski definition) is 0. The van der Waals surface area contributed by atoms with Gasteiger partial charge in [-0.1, -0.05) is 6.92 Å². The molecule has 0 aromatic carbocycles. The van der Waals surface area contributed by atoms with Gasteiger partial charge in [0.2, 0.25) is 0 Å². The molecule has 0 heterocycles. The van der Waals surface area contributed by atoms with Crippen LogP contribution in [0.25, 0.3) is 0 Å². The molecule has 6 nitrogen and oxygen atoms in total. The first-order chi connectivity index (χ1) is 10.7. The monoisotopic (exact) mass is 326 g/mol. The Kier molecular flexibility index (Phi) is 9.50. The number of ether oxygens (including phenoxy) is 2. The molecule has 0 aromatic rings. The molecule has 132 valence electrons. The summed E-state index contributed by atoms with van der Waals surface area (Å²) in [5.74, 6) is -1.45. The van der Waals surface area contributed by atoms with Crippen LogP contribution in [0.15, 0.2) is 0 Å². The first-order valence-electron chi connectivity index (χ1n) is 7.99. The number of carbonyl (C=O) groups excluding carboxylic acids is 2. The number of nitrogens with zero attached hydrogens (tertiary/aromatic N) is 2. The lowest BCUT2D eigenvalue weighted by Crippen LogP contribution is -2.35. The summed E-state index contributed by atoms with van der Waals surface area (Å²) >= 11 is 0. The van der Waals surface area contributed by atoms with Crippen LogP contribution < -0.4 is 0 Å². The Morgan fingerprint density at radius 3 is 2.39 bits per heavy atom. The van der Waals surface area contributed by atoms with Gasteiger partial charge in [0.25, 0.3) is 0 Å². The van der Waals surface area contributed by atoms with Crippen LogP contribution in [-0.2, 0) is 19.1 Å². The Hall–Kier alpha value is -1.61. The van der Waals surface area contributed by atoms with Crippen molar-refractivity contribution >= 4 is 11.9 Å². The van der Waals surface area contributed by atoms with Crippen LogP contribution in [0.2, 0.25) is 0 Å². The summed E-state index contributed by atoms with van der Waals surface area (Å²) in [7, 11) is 5.14. The number of nitriles is 1. The van der Waals surface area contributed by atoms with Crippen LogP contribution in [0.1, 0.15) is 40.0 Å². The molecule has 0 bridgehead atoms. The zero-order valence-electron chi connectivity index (χ0n) is 15.2. The van der Waals surface area contributed by atoms with E-state index in [0.717, 1.165) is 0 Å². The third-order valence-electron chi connectivity index (χ3n) is 4.13. The molecule has 0 aromatic heterocycles. The van der Waals surface area contributed by atoms with E-state index in [2.05, 4.69) is 6.07 Å². The van der Waals surface area contributed by atoms with Crippen molar-refractivity contribution in [2.45, 2.75) is 40.0 Å². The maximum atomic E-state index is 12.4. The highest BCUT2D eigenvalue weighted by atomic mass is 16.5. The van der Waals surface area contributed by atoms with Gasteiger partial charge in [0.05, 0.1) is 24.5 Å². The van der Waals surface area contributed by atoms with Gasteiger partial charge in [-0.25, -0.2) is 0 Å². The van der Waals surface area contributed by atoms with E-state index in [4.69, 9.17) is 14.7 Å². The largest absolute Gasteiger partial charge is 0.469 e. The van der Waals surface area contributed by atoms with Gasteiger partial charge in [0.1, 0.15) is 6.61 Å². The molecule has 0 N–H and O–H groups in total. The standard InChI is InChI=1S/C17H30N2O4/c1-7-17(3,16(21)22-6)11-14(10-13(2)12-18)15(20)23-9-8-19(4)5/h13-14H,7-11H2,1-6H3. The Morgan fingerprint density at radius 1 is 1.35 bits per heavy atom. The fourth-order valence-electron chi connectivity index (χ4n) is 2.35. The van der Waals surface area contributed by atoms with E-state index in [1.807, 2.05) is 25.9 Å². The lowest BCUT2D eigenvalue weighted by Gasteiger charge is -2.29. The van der Waals surface area contributed by atoms with E-state index in [9.17, 15) is 9.59 Å². The fraction of sp³-hybridized carbons (Fsp3) is 0.824. The van der Waals surface area contributed by atoms with Crippen molar-refractivity contribution in [1.29, 1.82) is 5.26 Å². The molecule has 0 saturated carbocycles. The second-order valence-corrected chi connectivity index (χ2v) is 6.54. The maximum Gasteiger partial charge on any atom is 0.311 e. The minimum Gasteiger partial charge on any atom is -0.469 e. The van der Waals surface area contributed by atoms with E-state index in [-0.39, 0.29) is 17.9 Å². The molecule has 0 rings (SSSR count). The van der Waals surface area contributed by atoms with Crippen LogP contribution in [0.4, 0.5) is 0 Å². The molecule has 0 aliphatic carbocycles. The molecule has 0 saturated heterocycles. The van der Waals surface area contributed by atoms with Crippen molar-refractivity contribution in [2.75, 3.05) is 34.4 Å². The maximum absolute atomic E-state index is 12.4. The summed E-state index contributed by atoms with van der Waals surface area (Å²) < 4.78 is 10.2. The highest BCUT2D eigenvalue weighted by Crippen LogP contribution is 2.34. The Morgan fingerprint density at radius 2 is 1.96 bits per heavy atom. The molecule has 0 fully saturated rings. The predicted molar refractivity (Wildman–Crippen MR) is 87.4 cm³/mol. The number of hydrogen-bond acceptors (Lipinski definition) is 6. The summed E-state index contributed by atoms with van der Waals surface area (Å²) in [4.78, 5) is 26.3. The van der Waals surface area contributed by atoms with Crippen molar-refractivity contribution in [3.63, 3.8) is 0 Å². The molecule has 3 unspecified atom stereocenters. The van der Waals surface area contributed by atoms with E-state index >= 15 is 0 Å². The molecule has 6 heteroatoms. The molecule has 0 aliphatic heterocycles. The van der Waals surface area contributed by atoms with Gasteiger partial charge in [-0.15, -0.1) is 0 Å². The highest BCUT2D eigenvalue weighted by Gasteiger charge is 2.38. The van der Waals surface area contributed by atoms with Crippen molar-refractivity contribution < 1.29 is 19.1 Å².